The van der Waals surface area contributed by atoms with Gasteiger partial charge >= 0.3 is 0 Å². The lowest BCUT2D eigenvalue weighted by molar-refractivity contribution is 0.0922. The van der Waals surface area contributed by atoms with E-state index < -0.39 is 0 Å². The third-order valence-corrected chi connectivity index (χ3v) is 4.19. The van der Waals surface area contributed by atoms with Crippen LogP contribution in [-0.4, -0.2) is 28.2 Å². The average Bonchev–Trinajstić information content (AvgIpc) is 3.12. The zero-order chi connectivity index (χ0) is 16.4. The first-order valence-electron chi connectivity index (χ1n) is 7.74. The van der Waals surface area contributed by atoms with Gasteiger partial charge in [0.15, 0.2) is 0 Å². The molecule has 1 saturated carbocycles. The molecule has 2 aromatic rings. The number of nitriles is 1. The van der Waals surface area contributed by atoms with Gasteiger partial charge in [-0.15, -0.1) is 0 Å². The molecule has 23 heavy (non-hydrogen) atoms. The van der Waals surface area contributed by atoms with Gasteiger partial charge in [0.1, 0.15) is 23.0 Å². The molecule has 120 valence electrons. The average molecular weight is 313 g/mol. The van der Waals surface area contributed by atoms with E-state index in [1.165, 1.54) is 0 Å². The van der Waals surface area contributed by atoms with Crippen molar-refractivity contribution >= 4 is 5.91 Å². The predicted molar refractivity (Wildman–Crippen MR) is 83.2 cm³/mol. The molecule has 6 heteroatoms. The molecule has 2 N–H and O–H groups in total. The van der Waals surface area contributed by atoms with Crippen LogP contribution in [0.1, 0.15) is 40.9 Å². The number of carbonyl (C=O) groups excluding carboxylic acids is 1. The van der Waals surface area contributed by atoms with Gasteiger partial charge in [-0.2, -0.15) is 5.26 Å². The zero-order valence-corrected chi connectivity index (χ0v) is 13.0. The molecular weight excluding hydrogens is 294 g/mol. The number of amides is 1. The molecule has 2 aromatic heterocycles. The van der Waals surface area contributed by atoms with Crippen LogP contribution in [0.3, 0.4) is 0 Å². The SMILES string of the molecule is Cc1oc(-n2cccc2)c(C#N)c1C(=O)NC(CCO)C1CC1. The fraction of sp³-hybridized carbons (Fsp3) is 0.412. The summed E-state index contributed by atoms with van der Waals surface area (Å²) >= 11 is 0. The maximum atomic E-state index is 12.6. The smallest absolute Gasteiger partial charge is 0.256 e. The van der Waals surface area contributed by atoms with Gasteiger partial charge in [0.25, 0.3) is 5.91 Å². The Kier molecular flexibility index (Phi) is 4.22. The number of nitrogens with one attached hydrogen (secondary N) is 1. The van der Waals surface area contributed by atoms with Crippen LogP contribution in [-0.2, 0) is 0 Å². The van der Waals surface area contributed by atoms with Crippen LogP contribution in [0.5, 0.6) is 0 Å². The third kappa shape index (κ3) is 3.01. The molecule has 0 aliphatic heterocycles. The van der Waals surface area contributed by atoms with Crippen molar-refractivity contribution in [2.75, 3.05) is 6.61 Å². The van der Waals surface area contributed by atoms with Crippen molar-refractivity contribution in [1.82, 2.24) is 9.88 Å². The number of carbonyl (C=O) groups is 1. The lowest BCUT2D eigenvalue weighted by atomic mass is 10.1. The van der Waals surface area contributed by atoms with Gasteiger partial charge in [-0.3, -0.25) is 9.36 Å². The van der Waals surface area contributed by atoms with E-state index >= 15 is 0 Å². The second-order valence-electron chi connectivity index (χ2n) is 5.85. The van der Waals surface area contributed by atoms with Crippen LogP contribution < -0.4 is 5.32 Å². The first-order valence-corrected chi connectivity index (χ1v) is 7.74. The van der Waals surface area contributed by atoms with Gasteiger partial charge in [0, 0.05) is 25.0 Å². The molecule has 6 nitrogen and oxygen atoms in total. The largest absolute Gasteiger partial charge is 0.443 e. The summed E-state index contributed by atoms with van der Waals surface area (Å²) in [4.78, 5) is 12.6. The van der Waals surface area contributed by atoms with E-state index in [0.717, 1.165) is 12.8 Å². The van der Waals surface area contributed by atoms with Crippen molar-refractivity contribution in [3.63, 3.8) is 0 Å². The highest BCUT2D eigenvalue weighted by molar-refractivity contribution is 5.98. The quantitative estimate of drug-likeness (QED) is 0.854. The summed E-state index contributed by atoms with van der Waals surface area (Å²) in [5, 5.41) is 21.6. The first-order chi connectivity index (χ1) is 11.2. The van der Waals surface area contributed by atoms with Crippen LogP contribution in [0, 0.1) is 24.2 Å². The molecule has 1 amide bonds. The van der Waals surface area contributed by atoms with Gasteiger partial charge in [0.2, 0.25) is 5.88 Å². The number of aromatic nitrogens is 1. The monoisotopic (exact) mass is 313 g/mol. The second-order valence-corrected chi connectivity index (χ2v) is 5.85. The van der Waals surface area contributed by atoms with Crippen molar-refractivity contribution < 1.29 is 14.3 Å². The third-order valence-electron chi connectivity index (χ3n) is 4.19. The Bertz CT molecular complexity index is 736. The van der Waals surface area contributed by atoms with Gasteiger partial charge in [0.05, 0.1) is 0 Å². The summed E-state index contributed by atoms with van der Waals surface area (Å²) < 4.78 is 7.33. The number of hydrogen-bond acceptors (Lipinski definition) is 4. The second kappa shape index (κ2) is 6.31. The molecule has 1 aliphatic rings. The minimum Gasteiger partial charge on any atom is -0.443 e. The summed E-state index contributed by atoms with van der Waals surface area (Å²) in [5.74, 6) is 0.880. The number of hydrogen-bond donors (Lipinski definition) is 2. The number of furan rings is 1. The predicted octanol–water partition coefficient (Wildman–Crippen LogP) is 2.14. The Morgan fingerprint density at radius 2 is 2.22 bits per heavy atom. The van der Waals surface area contributed by atoms with Crippen molar-refractivity contribution in [3.05, 3.63) is 41.4 Å². The van der Waals surface area contributed by atoms with Crippen LogP contribution in [0.2, 0.25) is 0 Å². The molecule has 3 rings (SSSR count). The van der Waals surface area contributed by atoms with E-state index in [0.29, 0.717) is 24.0 Å². The normalized spacial score (nSPS) is 15.2. The van der Waals surface area contributed by atoms with Crippen molar-refractivity contribution in [2.24, 2.45) is 5.92 Å². The number of aliphatic hydroxyl groups is 1. The van der Waals surface area contributed by atoms with E-state index in [9.17, 15) is 10.1 Å². The summed E-state index contributed by atoms with van der Waals surface area (Å²) in [7, 11) is 0. The van der Waals surface area contributed by atoms with E-state index in [-0.39, 0.29) is 29.7 Å². The maximum absolute atomic E-state index is 12.6. The Balaban J connectivity index is 1.90. The van der Waals surface area contributed by atoms with Crippen LogP contribution in [0.15, 0.2) is 28.9 Å². The molecule has 1 atom stereocenters. The molecule has 1 fully saturated rings. The van der Waals surface area contributed by atoms with Crippen LogP contribution in [0.4, 0.5) is 0 Å². The fourth-order valence-corrected chi connectivity index (χ4v) is 2.86. The van der Waals surface area contributed by atoms with Crippen LogP contribution in [0.25, 0.3) is 5.88 Å². The molecule has 0 bridgehead atoms. The Labute approximate surface area is 134 Å². The number of aliphatic hydroxyl groups excluding tert-OH is 1. The van der Waals surface area contributed by atoms with Gasteiger partial charge in [-0.25, -0.2) is 0 Å². The molecule has 0 saturated heterocycles. The summed E-state index contributed by atoms with van der Waals surface area (Å²) in [6, 6.07) is 5.67. The van der Waals surface area contributed by atoms with Gasteiger partial charge in [-0.1, -0.05) is 0 Å². The molecule has 2 heterocycles. The van der Waals surface area contributed by atoms with Crippen molar-refractivity contribution in [1.29, 1.82) is 5.26 Å². The number of rotatable bonds is 6. The van der Waals surface area contributed by atoms with E-state index in [4.69, 9.17) is 9.52 Å². The Morgan fingerprint density at radius 3 is 2.78 bits per heavy atom. The molecule has 0 radical (unpaired) electrons. The van der Waals surface area contributed by atoms with Gasteiger partial charge < -0.3 is 14.8 Å². The van der Waals surface area contributed by atoms with E-state index in [1.54, 1.807) is 23.9 Å². The minimum atomic E-state index is -0.313. The summed E-state index contributed by atoms with van der Waals surface area (Å²) in [5.41, 5.74) is 0.509. The van der Waals surface area contributed by atoms with E-state index in [2.05, 4.69) is 11.4 Å². The van der Waals surface area contributed by atoms with Crippen molar-refractivity contribution in [3.8, 4) is 12.0 Å². The van der Waals surface area contributed by atoms with Crippen LogP contribution >= 0.6 is 0 Å². The zero-order valence-electron chi connectivity index (χ0n) is 13.0. The summed E-state index contributed by atoms with van der Waals surface area (Å²) in [6.07, 6.45) is 6.18. The highest BCUT2D eigenvalue weighted by Gasteiger charge is 2.33. The fourth-order valence-electron chi connectivity index (χ4n) is 2.86. The van der Waals surface area contributed by atoms with E-state index in [1.807, 2.05) is 12.1 Å². The highest BCUT2D eigenvalue weighted by atomic mass is 16.4. The lowest BCUT2D eigenvalue weighted by Gasteiger charge is -2.16. The number of nitrogens with zero attached hydrogens (tertiary/aromatic N) is 2. The highest BCUT2D eigenvalue weighted by Crippen LogP contribution is 2.34. The first kappa shape index (κ1) is 15.4. The Hall–Kier alpha value is -2.52. The topological polar surface area (TPSA) is 91.2 Å². The van der Waals surface area contributed by atoms with Gasteiger partial charge in [-0.05, 0) is 44.2 Å². The summed E-state index contributed by atoms with van der Waals surface area (Å²) in [6.45, 7) is 1.71. The molecular formula is C17H19N3O3. The lowest BCUT2D eigenvalue weighted by Crippen LogP contribution is -2.37. The molecule has 0 spiro atoms. The molecule has 1 unspecified atom stereocenters. The molecule has 1 aliphatic carbocycles. The maximum Gasteiger partial charge on any atom is 0.256 e. The Morgan fingerprint density at radius 1 is 1.52 bits per heavy atom. The number of aryl methyl sites for hydroxylation is 1. The van der Waals surface area contributed by atoms with Crippen molar-refractivity contribution in [2.45, 2.75) is 32.2 Å². The minimum absolute atomic E-state index is 0.0333. The molecule has 0 aromatic carbocycles. The standard InChI is InChI=1S/C17H19N3O3/c1-11-15(16(22)19-14(6-9-21)12-4-5-12)13(10-18)17(23-11)20-7-2-3-8-20/h2-3,7-8,12,14,21H,4-6,9H2,1H3,(H,19,22).